The van der Waals surface area contributed by atoms with Gasteiger partial charge >= 0.3 is 0 Å². The highest BCUT2D eigenvalue weighted by Crippen LogP contribution is 2.10. The van der Waals surface area contributed by atoms with Gasteiger partial charge in [0.2, 0.25) is 5.91 Å². The van der Waals surface area contributed by atoms with Gasteiger partial charge in [0.05, 0.1) is 0 Å². The zero-order valence-electron chi connectivity index (χ0n) is 9.59. The van der Waals surface area contributed by atoms with E-state index >= 15 is 0 Å². The van der Waals surface area contributed by atoms with Crippen LogP contribution in [0.3, 0.4) is 0 Å². The lowest BCUT2D eigenvalue weighted by molar-refractivity contribution is -0.122. The van der Waals surface area contributed by atoms with E-state index in [0.29, 0.717) is 18.4 Å². The largest absolute Gasteiger partial charge is 0.353 e. The molecule has 1 saturated heterocycles. The summed E-state index contributed by atoms with van der Waals surface area (Å²) in [4.78, 5) is 11.6. The molecule has 0 aliphatic carbocycles. The van der Waals surface area contributed by atoms with E-state index in [4.69, 9.17) is 0 Å². The zero-order chi connectivity index (χ0) is 11.1. The van der Waals surface area contributed by atoms with Crippen molar-refractivity contribution in [2.45, 2.75) is 38.6 Å². The van der Waals surface area contributed by atoms with Crippen LogP contribution in [0.1, 0.15) is 32.6 Å². The predicted molar refractivity (Wildman–Crippen MR) is 62.6 cm³/mol. The molecule has 15 heavy (non-hydrogen) atoms. The van der Waals surface area contributed by atoms with Crippen molar-refractivity contribution in [1.29, 1.82) is 0 Å². The maximum Gasteiger partial charge on any atom is 0.220 e. The molecule has 2 atom stereocenters. The van der Waals surface area contributed by atoms with Crippen molar-refractivity contribution in [3.05, 3.63) is 12.7 Å². The molecular weight excluding hydrogens is 188 g/mol. The second kappa shape index (κ2) is 6.62. The molecule has 0 saturated carbocycles. The van der Waals surface area contributed by atoms with E-state index in [2.05, 4.69) is 24.1 Å². The highest BCUT2D eigenvalue weighted by molar-refractivity contribution is 5.76. The molecule has 1 aliphatic heterocycles. The van der Waals surface area contributed by atoms with E-state index < -0.39 is 0 Å². The lowest BCUT2D eigenvalue weighted by atomic mass is 9.95. The highest BCUT2D eigenvalue weighted by Gasteiger charge is 2.21. The van der Waals surface area contributed by atoms with Crippen molar-refractivity contribution in [1.82, 2.24) is 10.6 Å². The first-order valence-corrected chi connectivity index (χ1v) is 5.85. The van der Waals surface area contributed by atoms with Gasteiger partial charge in [-0.05, 0) is 38.3 Å². The summed E-state index contributed by atoms with van der Waals surface area (Å²) in [6.45, 7) is 7.85. The van der Waals surface area contributed by atoms with E-state index in [1.165, 1.54) is 0 Å². The summed E-state index contributed by atoms with van der Waals surface area (Å²) >= 11 is 0. The van der Waals surface area contributed by atoms with E-state index in [1.54, 1.807) is 0 Å². The monoisotopic (exact) mass is 210 g/mol. The summed E-state index contributed by atoms with van der Waals surface area (Å²) in [5.41, 5.74) is 0. The Bertz CT molecular complexity index is 216. The SMILES string of the molecule is C=CCCCC(=O)NC1CCNCC1C. The molecule has 0 aromatic rings. The number of unbranched alkanes of at least 4 members (excludes halogenated alkanes) is 1. The van der Waals surface area contributed by atoms with Crippen LogP contribution >= 0.6 is 0 Å². The number of rotatable bonds is 5. The van der Waals surface area contributed by atoms with Crippen molar-refractivity contribution in [2.24, 2.45) is 5.92 Å². The summed E-state index contributed by atoms with van der Waals surface area (Å²) in [6, 6.07) is 0.363. The number of carbonyl (C=O) groups is 1. The highest BCUT2D eigenvalue weighted by atomic mass is 16.1. The Morgan fingerprint density at radius 1 is 1.67 bits per heavy atom. The molecule has 2 unspecified atom stereocenters. The van der Waals surface area contributed by atoms with Gasteiger partial charge in [-0.3, -0.25) is 4.79 Å². The molecule has 0 aromatic heterocycles. The molecule has 0 bridgehead atoms. The number of amides is 1. The fourth-order valence-corrected chi connectivity index (χ4v) is 1.91. The summed E-state index contributed by atoms with van der Waals surface area (Å²) < 4.78 is 0. The predicted octanol–water partition coefficient (Wildman–Crippen LogP) is 1.46. The van der Waals surface area contributed by atoms with Crippen LogP contribution in [0, 0.1) is 5.92 Å². The molecule has 1 aliphatic rings. The van der Waals surface area contributed by atoms with Gasteiger partial charge < -0.3 is 10.6 Å². The number of nitrogens with one attached hydrogen (secondary N) is 2. The zero-order valence-corrected chi connectivity index (χ0v) is 9.59. The third-order valence-corrected chi connectivity index (χ3v) is 2.94. The van der Waals surface area contributed by atoms with Crippen molar-refractivity contribution in [3.63, 3.8) is 0 Å². The Kier molecular flexibility index (Phi) is 5.40. The van der Waals surface area contributed by atoms with Gasteiger partial charge in [0.25, 0.3) is 0 Å². The minimum atomic E-state index is 0.190. The normalized spacial score (nSPS) is 25.9. The van der Waals surface area contributed by atoms with Crippen molar-refractivity contribution in [2.75, 3.05) is 13.1 Å². The van der Waals surface area contributed by atoms with Crippen molar-refractivity contribution < 1.29 is 4.79 Å². The summed E-state index contributed by atoms with van der Waals surface area (Å²) in [5.74, 6) is 0.734. The van der Waals surface area contributed by atoms with Crippen molar-refractivity contribution >= 4 is 5.91 Å². The maximum absolute atomic E-state index is 11.6. The van der Waals surface area contributed by atoms with Gasteiger partial charge in [0.1, 0.15) is 0 Å². The number of hydrogen-bond donors (Lipinski definition) is 2. The van der Waals surface area contributed by atoms with Crippen LogP contribution in [0.5, 0.6) is 0 Å². The molecule has 3 heteroatoms. The maximum atomic E-state index is 11.6. The van der Waals surface area contributed by atoms with Gasteiger partial charge in [0, 0.05) is 12.5 Å². The van der Waals surface area contributed by atoms with Gasteiger partial charge in [0.15, 0.2) is 0 Å². The van der Waals surface area contributed by atoms with Crippen LogP contribution in [-0.2, 0) is 4.79 Å². The van der Waals surface area contributed by atoms with Crippen LogP contribution in [0.2, 0.25) is 0 Å². The number of carbonyl (C=O) groups excluding carboxylic acids is 1. The molecule has 1 rings (SSSR count). The van der Waals surface area contributed by atoms with Gasteiger partial charge in [-0.2, -0.15) is 0 Å². The molecule has 2 N–H and O–H groups in total. The Balaban J connectivity index is 2.20. The molecule has 86 valence electrons. The van der Waals surface area contributed by atoms with E-state index in [1.807, 2.05) is 6.08 Å². The summed E-state index contributed by atoms with van der Waals surface area (Å²) in [7, 11) is 0. The Labute approximate surface area is 92.3 Å². The first-order chi connectivity index (χ1) is 7.24. The second-order valence-electron chi connectivity index (χ2n) is 4.32. The Hall–Kier alpha value is -0.830. The lowest BCUT2D eigenvalue weighted by Crippen LogP contribution is -2.48. The van der Waals surface area contributed by atoms with E-state index in [0.717, 1.165) is 32.4 Å². The van der Waals surface area contributed by atoms with Gasteiger partial charge in [-0.15, -0.1) is 6.58 Å². The molecular formula is C12H22N2O. The minimum absolute atomic E-state index is 0.190. The molecule has 0 aromatic carbocycles. The van der Waals surface area contributed by atoms with E-state index in [-0.39, 0.29) is 5.91 Å². The quantitative estimate of drug-likeness (QED) is 0.533. The second-order valence-corrected chi connectivity index (χ2v) is 4.32. The fraction of sp³-hybridized carbons (Fsp3) is 0.750. The molecule has 0 radical (unpaired) electrons. The Morgan fingerprint density at radius 3 is 3.13 bits per heavy atom. The average molecular weight is 210 g/mol. The first kappa shape index (κ1) is 12.2. The van der Waals surface area contributed by atoms with E-state index in [9.17, 15) is 4.79 Å². The fourth-order valence-electron chi connectivity index (χ4n) is 1.91. The average Bonchev–Trinajstić information content (AvgIpc) is 2.22. The topological polar surface area (TPSA) is 41.1 Å². The molecule has 3 nitrogen and oxygen atoms in total. The number of piperidine rings is 1. The summed E-state index contributed by atoms with van der Waals surface area (Å²) in [5, 5.41) is 6.44. The molecule has 1 heterocycles. The standard InChI is InChI=1S/C12H22N2O/c1-3-4-5-6-12(15)14-11-7-8-13-9-10(11)2/h3,10-11,13H,1,4-9H2,2H3,(H,14,15). The van der Waals surface area contributed by atoms with Crippen LogP contribution in [0.15, 0.2) is 12.7 Å². The third-order valence-electron chi connectivity index (χ3n) is 2.94. The first-order valence-electron chi connectivity index (χ1n) is 5.85. The smallest absolute Gasteiger partial charge is 0.220 e. The molecule has 0 spiro atoms. The molecule has 1 fully saturated rings. The third kappa shape index (κ3) is 4.47. The van der Waals surface area contributed by atoms with Crippen LogP contribution < -0.4 is 10.6 Å². The number of allylic oxidation sites excluding steroid dienone is 1. The van der Waals surface area contributed by atoms with Gasteiger partial charge in [-0.1, -0.05) is 13.0 Å². The Morgan fingerprint density at radius 2 is 2.47 bits per heavy atom. The van der Waals surface area contributed by atoms with Crippen molar-refractivity contribution in [3.8, 4) is 0 Å². The van der Waals surface area contributed by atoms with Gasteiger partial charge in [-0.25, -0.2) is 0 Å². The number of hydrogen-bond acceptors (Lipinski definition) is 2. The lowest BCUT2D eigenvalue weighted by Gasteiger charge is -2.30. The van der Waals surface area contributed by atoms with Crippen LogP contribution in [0.4, 0.5) is 0 Å². The summed E-state index contributed by atoms with van der Waals surface area (Å²) in [6.07, 6.45) is 5.38. The van der Waals surface area contributed by atoms with Crippen LogP contribution in [0.25, 0.3) is 0 Å². The van der Waals surface area contributed by atoms with Crippen LogP contribution in [-0.4, -0.2) is 25.0 Å². The molecule has 1 amide bonds. The minimum Gasteiger partial charge on any atom is -0.353 e.